The molecular formula is C19H28FN3O3S. The second-order valence-electron chi connectivity index (χ2n) is 7.48. The van der Waals surface area contributed by atoms with E-state index >= 15 is 0 Å². The number of halogens is 1. The zero-order valence-electron chi connectivity index (χ0n) is 15.8. The number of hydrogen-bond acceptors (Lipinski definition) is 4. The monoisotopic (exact) mass is 397 g/mol. The van der Waals surface area contributed by atoms with Crippen LogP contribution in [0.25, 0.3) is 0 Å². The van der Waals surface area contributed by atoms with Gasteiger partial charge in [0.1, 0.15) is 5.82 Å². The molecule has 2 aliphatic rings. The van der Waals surface area contributed by atoms with Crippen LogP contribution in [0.4, 0.5) is 4.39 Å². The van der Waals surface area contributed by atoms with Crippen molar-refractivity contribution >= 4 is 15.9 Å². The topological polar surface area (TPSA) is 60.9 Å². The molecular weight excluding hydrogens is 369 g/mol. The summed E-state index contributed by atoms with van der Waals surface area (Å²) in [6.45, 7) is 4.90. The van der Waals surface area contributed by atoms with Gasteiger partial charge in [-0.1, -0.05) is 12.1 Å². The molecule has 0 bridgehead atoms. The summed E-state index contributed by atoms with van der Waals surface area (Å²) in [5, 5.41) is 0. The largest absolute Gasteiger partial charge is 0.340 e. The van der Waals surface area contributed by atoms with Crippen LogP contribution < -0.4 is 0 Å². The number of carbonyl (C=O) groups excluding carboxylic acids is 1. The Kier molecular flexibility index (Phi) is 6.49. The maximum absolute atomic E-state index is 13.0. The van der Waals surface area contributed by atoms with Crippen LogP contribution >= 0.6 is 0 Å². The highest BCUT2D eigenvalue weighted by Gasteiger charge is 2.32. The predicted molar refractivity (Wildman–Crippen MR) is 102 cm³/mol. The van der Waals surface area contributed by atoms with Gasteiger partial charge in [0.25, 0.3) is 0 Å². The number of nitrogens with zero attached hydrogens (tertiary/aromatic N) is 3. The summed E-state index contributed by atoms with van der Waals surface area (Å²) in [6, 6.07) is 6.61. The van der Waals surface area contributed by atoms with Gasteiger partial charge in [-0.25, -0.2) is 17.1 Å². The van der Waals surface area contributed by atoms with E-state index in [-0.39, 0.29) is 17.6 Å². The van der Waals surface area contributed by atoms with Crippen LogP contribution in [0.3, 0.4) is 0 Å². The third-order valence-electron chi connectivity index (χ3n) is 5.59. The molecule has 8 heteroatoms. The average molecular weight is 398 g/mol. The number of piperidine rings is 1. The molecule has 0 aliphatic carbocycles. The molecule has 0 unspecified atom stereocenters. The Morgan fingerprint density at radius 2 is 1.63 bits per heavy atom. The molecule has 2 saturated heterocycles. The summed E-state index contributed by atoms with van der Waals surface area (Å²) in [5.41, 5.74) is 1.12. The number of amides is 1. The number of piperazine rings is 1. The van der Waals surface area contributed by atoms with Gasteiger partial charge in [-0.3, -0.25) is 9.69 Å². The van der Waals surface area contributed by atoms with Crippen molar-refractivity contribution in [2.24, 2.45) is 5.92 Å². The Balaban J connectivity index is 1.41. The molecule has 0 saturated carbocycles. The molecule has 0 radical (unpaired) electrons. The molecule has 2 aliphatic heterocycles. The maximum Gasteiger partial charge on any atom is 0.225 e. The van der Waals surface area contributed by atoms with Gasteiger partial charge in [0.05, 0.1) is 6.26 Å². The molecule has 1 aromatic rings. The fraction of sp³-hybridized carbons (Fsp3) is 0.632. The Morgan fingerprint density at radius 1 is 1.04 bits per heavy atom. The highest BCUT2D eigenvalue weighted by atomic mass is 32.2. The fourth-order valence-corrected chi connectivity index (χ4v) is 4.70. The van der Waals surface area contributed by atoms with E-state index in [9.17, 15) is 17.6 Å². The quantitative estimate of drug-likeness (QED) is 0.749. The first-order chi connectivity index (χ1) is 12.8. The zero-order valence-corrected chi connectivity index (χ0v) is 16.6. The predicted octanol–water partition coefficient (Wildman–Crippen LogP) is 1.18. The molecule has 6 nitrogen and oxygen atoms in total. The van der Waals surface area contributed by atoms with Crippen LogP contribution in [0, 0.1) is 11.7 Å². The Hall–Kier alpha value is -1.51. The van der Waals surface area contributed by atoms with Crippen LogP contribution in [0.5, 0.6) is 0 Å². The van der Waals surface area contributed by atoms with Gasteiger partial charge in [0, 0.05) is 51.7 Å². The number of sulfonamides is 1. The van der Waals surface area contributed by atoms with Crippen molar-refractivity contribution in [1.29, 1.82) is 0 Å². The van der Waals surface area contributed by atoms with Gasteiger partial charge in [-0.2, -0.15) is 0 Å². The highest BCUT2D eigenvalue weighted by molar-refractivity contribution is 7.88. The first-order valence-corrected chi connectivity index (χ1v) is 11.4. The van der Waals surface area contributed by atoms with Crippen molar-refractivity contribution in [2.75, 3.05) is 52.1 Å². The zero-order chi connectivity index (χ0) is 19.4. The van der Waals surface area contributed by atoms with Gasteiger partial charge >= 0.3 is 0 Å². The summed E-state index contributed by atoms with van der Waals surface area (Å²) < 4.78 is 37.6. The highest BCUT2D eigenvalue weighted by Crippen LogP contribution is 2.22. The van der Waals surface area contributed by atoms with Crippen LogP contribution in [-0.4, -0.2) is 80.5 Å². The van der Waals surface area contributed by atoms with Gasteiger partial charge < -0.3 is 4.90 Å². The maximum atomic E-state index is 13.0. The van der Waals surface area contributed by atoms with Crippen molar-refractivity contribution in [2.45, 2.75) is 19.3 Å². The molecule has 2 fully saturated rings. The molecule has 150 valence electrons. The molecule has 1 amide bonds. The summed E-state index contributed by atoms with van der Waals surface area (Å²) in [4.78, 5) is 17.0. The van der Waals surface area contributed by atoms with E-state index < -0.39 is 10.0 Å². The van der Waals surface area contributed by atoms with E-state index in [0.717, 1.165) is 31.6 Å². The summed E-state index contributed by atoms with van der Waals surface area (Å²) in [7, 11) is -3.16. The second-order valence-corrected chi connectivity index (χ2v) is 9.46. The van der Waals surface area contributed by atoms with E-state index in [0.29, 0.717) is 39.0 Å². The van der Waals surface area contributed by atoms with Gasteiger partial charge in [0.2, 0.25) is 15.9 Å². The Labute approximate surface area is 161 Å². The third-order valence-corrected chi connectivity index (χ3v) is 6.89. The fourth-order valence-electron chi connectivity index (χ4n) is 3.82. The minimum absolute atomic E-state index is 0.0613. The molecule has 0 N–H and O–H groups in total. The van der Waals surface area contributed by atoms with Crippen molar-refractivity contribution in [1.82, 2.24) is 14.1 Å². The molecule has 0 spiro atoms. The summed E-state index contributed by atoms with van der Waals surface area (Å²) >= 11 is 0. The first kappa shape index (κ1) is 20.2. The molecule has 0 aromatic heterocycles. The Morgan fingerprint density at radius 3 is 2.19 bits per heavy atom. The SMILES string of the molecule is CS(=O)(=O)N1CCC(C(=O)N2CCN(CCc3ccc(F)cc3)CC2)CC1. The van der Waals surface area contributed by atoms with E-state index in [4.69, 9.17) is 0 Å². The lowest BCUT2D eigenvalue weighted by molar-refractivity contribution is -0.138. The van der Waals surface area contributed by atoms with Crippen LogP contribution in [0.2, 0.25) is 0 Å². The van der Waals surface area contributed by atoms with Crippen molar-refractivity contribution in [3.63, 3.8) is 0 Å². The first-order valence-electron chi connectivity index (χ1n) is 9.53. The minimum atomic E-state index is -3.16. The second kappa shape index (κ2) is 8.67. The van der Waals surface area contributed by atoms with Crippen LogP contribution in [0.15, 0.2) is 24.3 Å². The van der Waals surface area contributed by atoms with E-state index in [1.54, 1.807) is 0 Å². The van der Waals surface area contributed by atoms with Crippen LogP contribution in [-0.2, 0) is 21.2 Å². The van der Waals surface area contributed by atoms with E-state index in [2.05, 4.69) is 4.90 Å². The van der Waals surface area contributed by atoms with Crippen molar-refractivity contribution in [3.8, 4) is 0 Å². The molecule has 1 aromatic carbocycles. The van der Waals surface area contributed by atoms with Gasteiger partial charge in [-0.15, -0.1) is 0 Å². The average Bonchev–Trinajstić information content (AvgIpc) is 2.67. The number of carbonyl (C=O) groups is 1. The van der Waals surface area contributed by atoms with E-state index in [1.165, 1.54) is 22.7 Å². The minimum Gasteiger partial charge on any atom is -0.340 e. The summed E-state index contributed by atoms with van der Waals surface area (Å²) in [5.74, 6) is -0.108. The normalized spacial score (nSPS) is 20.7. The summed E-state index contributed by atoms with van der Waals surface area (Å²) in [6.07, 6.45) is 3.31. The number of rotatable bonds is 5. The molecule has 27 heavy (non-hydrogen) atoms. The van der Waals surface area contributed by atoms with Crippen molar-refractivity contribution in [3.05, 3.63) is 35.6 Å². The molecule has 2 heterocycles. The lowest BCUT2D eigenvalue weighted by atomic mass is 9.96. The van der Waals surface area contributed by atoms with Crippen molar-refractivity contribution < 1.29 is 17.6 Å². The lowest BCUT2D eigenvalue weighted by Gasteiger charge is -2.38. The van der Waals surface area contributed by atoms with Gasteiger partial charge in [-0.05, 0) is 37.0 Å². The molecule has 0 atom stereocenters. The van der Waals surface area contributed by atoms with Gasteiger partial charge in [0.15, 0.2) is 0 Å². The molecule has 3 rings (SSSR count). The number of hydrogen-bond donors (Lipinski definition) is 0. The lowest BCUT2D eigenvalue weighted by Crippen LogP contribution is -2.52. The smallest absolute Gasteiger partial charge is 0.225 e. The van der Waals surface area contributed by atoms with E-state index in [1.807, 2.05) is 17.0 Å². The Bertz CT molecular complexity index is 738. The third kappa shape index (κ3) is 5.49. The van der Waals surface area contributed by atoms with Crippen LogP contribution in [0.1, 0.15) is 18.4 Å². The number of benzene rings is 1. The standard InChI is InChI=1S/C19H28FN3O3S/c1-27(25,26)23-10-7-17(8-11-23)19(24)22-14-12-21(13-15-22)9-6-16-2-4-18(20)5-3-16/h2-5,17H,6-15H2,1H3.